The van der Waals surface area contributed by atoms with Gasteiger partial charge in [0.15, 0.2) is 0 Å². The monoisotopic (exact) mass is 291 g/mol. The molecule has 5 nitrogen and oxygen atoms in total. The van der Waals surface area contributed by atoms with Gasteiger partial charge in [0.2, 0.25) is 5.91 Å². The van der Waals surface area contributed by atoms with Gasteiger partial charge in [0.25, 0.3) is 0 Å². The van der Waals surface area contributed by atoms with E-state index in [1.54, 1.807) is 18.2 Å². The Balaban J connectivity index is 2.73. The molecule has 0 aliphatic rings. The first-order chi connectivity index (χ1) is 9.97. The molecule has 0 bridgehead atoms. The van der Waals surface area contributed by atoms with Gasteiger partial charge in [-0.2, -0.15) is 0 Å². The van der Waals surface area contributed by atoms with Crippen molar-refractivity contribution >= 4 is 17.6 Å². The molecular formula is C16H21NO4. The molecule has 5 heteroatoms. The number of aryl methyl sites for hydroxylation is 1. The smallest absolute Gasteiger partial charge is 0.339 e. The third kappa shape index (κ3) is 5.30. The van der Waals surface area contributed by atoms with Gasteiger partial charge in [-0.25, -0.2) is 4.79 Å². The Bertz CT molecular complexity index is 537. The first-order valence-electron chi connectivity index (χ1n) is 6.77. The van der Waals surface area contributed by atoms with E-state index in [-0.39, 0.29) is 12.3 Å². The Morgan fingerprint density at radius 3 is 2.62 bits per heavy atom. The van der Waals surface area contributed by atoms with Crippen molar-refractivity contribution in [2.24, 2.45) is 0 Å². The summed E-state index contributed by atoms with van der Waals surface area (Å²) in [5.74, 6) is -0.110. The highest BCUT2D eigenvalue weighted by molar-refractivity contribution is 6.01. The quantitative estimate of drug-likeness (QED) is 0.619. The van der Waals surface area contributed by atoms with Crippen LogP contribution in [-0.4, -0.2) is 25.6 Å². The van der Waals surface area contributed by atoms with Gasteiger partial charge in [0, 0.05) is 12.8 Å². The van der Waals surface area contributed by atoms with Crippen LogP contribution in [0.15, 0.2) is 30.5 Å². The topological polar surface area (TPSA) is 64.6 Å². The third-order valence-corrected chi connectivity index (χ3v) is 2.83. The maximum absolute atomic E-state index is 11.9. The maximum atomic E-state index is 11.9. The predicted molar refractivity (Wildman–Crippen MR) is 81.1 cm³/mol. The fourth-order valence-electron chi connectivity index (χ4n) is 1.79. The number of methoxy groups -OCH3 is 1. The van der Waals surface area contributed by atoms with E-state index >= 15 is 0 Å². The number of amides is 1. The number of ether oxygens (including phenoxy) is 2. The van der Waals surface area contributed by atoms with Crippen LogP contribution < -0.4 is 5.32 Å². The standard InChI is InChI=1S/C16H21NO4/c1-5-21-12(3)7-9-15(18)17-14-10-11(2)6-8-13(14)16(19)20-4/h6,8,10H,3,5,7,9H2,1-2,4H3,(H,17,18). The fourth-order valence-corrected chi connectivity index (χ4v) is 1.79. The lowest BCUT2D eigenvalue weighted by molar-refractivity contribution is -0.116. The summed E-state index contributed by atoms with van der Waals surface area (Å²) < 4.78 is 9.90. The van der Waals surface area contributed by atoms with Crippen molar-refractivity contribution in [3.63, 3.8) is 0 Å². The van der Waals surface area contributed by atoms with Crippen molar-refractivity contribution in [2.75, 3.05) is 19.0 Å². The highest BCUT2D eigenvalue weighted by atomic mass is 16.5. The van der Waals surface area contributed by atoms with E-state index in [1.165, 1.54) is 7.11 Å². The van der Waals surface area contributed by atoms with Crippen LogP contribution in [0.4, 0.5) is 5.69 Å². The number of anilines is 1. The van der Waals surface area contributed by atoms with Crippen molar-refractivity contribution in [3.05, 3.63) is 41.7 Å². The van der Waals surface area contributed by atoms with Gasteiger partial charge in [0.05, 0.1) is 30.7 Å². The Morgan fingerprint density at radius 2 is 2.00 bits per heavy atom. The molecule has 0 aliphatic heterocycles. The number of allylic oxidation sites excluding steroid dienone is 1. The highest BCUT2D eigenvalue weighted by Crippen LogP contribution is 2.19. The average molecular weight is 291 g/mol. The van der Waals surface area contributed by atoms with E-state index in [0.29, 0.717) is 30.0 Å². The second kappa shape index (κ2) is 8.09. The van der Waals surface area contributed by atoms with Gasteiger partial charge in [-0.3, -0.25) is 4.79 Å². The largest absolute Gasteiger partial charge is 0.499 e. The van der Waals surface area contributed by atoms with Gasteiger partial charge in [-0.1, -0.05) is 12.6 Å². The first-order valence-corrected chi connectivity index (χ1v) is 6.77. The zero-order valence-corrected chi connectivity index (χ0v) is 12.7. The van der Waals surface area contributed by atoms with Gasteiger partial charge in [-0.05, 0) is 31.5 Å². The van der Waals surface area contributed by atoms with E-state index < -0.39 is 5.97 Å². The van der Waals surface area contributed by atoms with Crippen molar-refractivity contribution in [1.82, 2.24) is 0 Å². The van der Waals surface area contributed by atoms with Crippen LogP contribution in [0.2, 0.25) is 0 Å². The van der Waals surface area contributed by atoms with Gasteiger partial charge in [-0.15, -0.1) is 0 Å². The SMILES string of the molecule is C=C(CCC(=O)Nc1cc(C)ccc1C(=O)OC)OCC. The number of esters is 1. The van der Waals surface area contributed by atoms with E-state index in [2.05, 4.69) is 11.9 Å². The molecule has 0 aliphatic carbocycles. The summed E-state index contributed by atoms with van der Waals surface area (Å²) in [4.78, 5) is 23.6. The lowest BCUT2D eigenvalue weighted by Gasteiger charge is -2.11. The van der Waals surface area contributed by atoms with Gasteiger partial charge in [0.1, 0.15) is 0 Å². The molecule has 0 saturated heterocycles. The Kier molecular flexibility index (Phi) is 6.46. The minimum atomic E-state index is -0.482. The van der Waals surface area contributed by atoms with E-state index in [1.807, 2.05) is 13.8 Å². The van der Waals surface area contributed by atoms with Crippen molar-refractivity contribution in [3.8, 4) is 0 Å². The molecule has 1 rings (SSSR count). The Hall–Kier alpha value is -2.30. The van der Waals surface area contributed by atoms with Crippen LogP contribution in [0.3, 0.4) is 0 Å². The minimum absolute atomic E-state index is 0.202. The summed E-state index contributed by atoms with van der Waals surface area (Å²) in [6, 6.07) is 5.16. The van der Waals surface area contributed by atoms with E-state index in [9.17, 15) is 9.59 Å². The zero-order chi connectivity index (χ0) is 15.8. The molecule has 0 unspecified atom stereocenters. The van der Waals surface area contributed by atoms with Crippen molar-refractivity contribution in [1.29, 1.82) is 0 Å². The molecule has 1 N–H and O–H groups in total. The number of hydrogen-bond donors (Lipinski definition) is 1. The van der Waals surface area contributed by atoms with E-state index in [0.717, 1.165) is 5.56 Å². The molecule has 0 heterocycles. The highest BCUT2D eigenvalue weighted by Gasteiger charge is 2.14. The fraction of sp³-hybridized carbons (Fsp3) is 0.375. The molecule has 1 aromatic carbocycles. The normalized spacial score (nSPS) is 9.86. The van der Waals surface area contributed by atoms with Crippen LogP contribution in [0, 0.1) is 6.92 Å². The zero-order valence-electron chi connectivity index (χ0n) is 12.7. The van der Waals surface area contributed by atoms with Crippen LogP contribution >= 0.6 is 0 Å². The number of nitrogens with one attached hydrogen (secondary N) is 1. The lowest BCUT2D eigenvalue weighted by atomic mass is 10.1. The van der Waals surface area contributed by atoms with Crippen LogP contribution in [0.25, 0.3) is 0 Å². The summed E-state index contributed by atoms with van der Waals surface area (Å²) in [7, 11) is 1.31. The number of hydrogen-bond acceptors (Lipinski definition) is 4. The van der Waals surface area contributed by atoms with E-state index in [4.69, 9.17) is 9.47 Å². The second-order valence-electron chi connectivity index (χ2n) is 4.56. The molecule has 1 aromatic rings. The number of benzene rings is 1. The van der Waals surface area contributed by atoms with Crippen LogP contribution in [0.5, 0.6) is 0 Å². The van der Waals surface area contributed by atoms with Crippen LogP contribution in [-0.2, 0) is 14.3 Å². The molecule has 0 spiro atoms. The van der Waals surface area contributed by atoms with Gasteiger partial charge < -0.3 is 14.8 Å². The van der Waals surface area contributed by atoms with Crippen molar-refractivity contribution in [2.45, 2.75) is 26.7 Å². The molecule has 0 saturated carbocycles. The molecule has 21 heavy (non-hydrogen) atoms. The number of carbonyl (C=O) groups excluding carboxylic acids is 2. The second-order valence-corrected chi connectivity index (χ2v) is 4.56. The van der Waals surface area contributed by atoms with Crippen molar-refractivity contribution < 1.29 is 19.1 Å². The summed E-state index contributed by atoms with van der Waals surface area (Å²) in [6.45, 7) is 8.00. The molecule has 0 radical (unpaired) electrons. The Labute approximate surface area is 124 Å². The Morgan fingerprint density at radius 1 is 1.29 bits per heavy atom. The number of carbonyl (C=O) groups is 2. The van der Waals surface area contributed by atoms with Gasteiger partial charge >= 0.3 is 5.97 Å². The first kappa shape index (κ1) is 16.8. The summed E-state index contributed by atoms with van der Waals surface area (Å²) in [5, 5.41) is 2.73. The number of rotatable bonds is 7. The molecular weight excluding hydrogens is 270 g/mol. The predicted octanol–water partition coefficient (Wildman–Crippen LogP) is 3.05. The molecule has 0 aromatic heterocycles. The molecule has 114 valence electrons. The summed E-state index contributed by atoms with van der Waals surface area (Å²) in [5.41, 5.74) is 1.73. The maximum Gasteiger partial charge on any atom is 0.339 e. The summed E-state index contributed by atoms with van der Waals surface area (Å²) in [6.07, 6.45) is 0.687. The summed E-state index contributed by atoms with van der Waals surface area (Å²) >= 11 is 0. The lowest BCUT2D eigenvalue weighted by Crippen LogP contribution is -2.15. The molecule has 0 atom stereocenters. The molecule has 0 fully saturated rings. The molecule has 1 amide bonds. The third-order valence-electron chi connectivity index (χ3n) is 2.83. The average Bonchev–Trinajstić information content (AvgIpc) is 2.45. The minimum Gasteiger partial charge on any atom is -0.499 e. The van der Waals surface area contributed by atoms with Crippen LogP contribution in [0.1, 0.15) is 35.7 Å².